The molecule has 0 aliphatic carbocycles. The van der Waals surface area contributed by atoms with Crippen molar-refractivity contribution in [2.75, 3.05) is 7.11 Å². The number of rotatable bonds is 6. The summed E-state index contributed by atoms with van der Waals surface area (Å²) in [5.41, 5.74) is -0.732. The molecule has 0 aliphatic rings. The highest BCUT2D eigenvalue weighted by Crippen LogP contribution is 2.35. The van der Waals surface area contributed by atoms with Crippen LogP contribution in [0.5, 0.6) is 5.75 Å². The van der Waals surface area contributed by atoms with Crippen molar-refractivity contribution in [1.82, 2.24) is 15.3 Å². The summed E-state index contributed by atoms with van der Waals surface area (Å²) in [5, 5.41) is 2.55. The summed E-state index contributed by atoms with van der Waals surface area (Å²) >= 11 is 0. The molecule has 5 nitrogen and oxygen atoms in total. The van der Waals surface area contributed by atoms with Crippen LogP contribution >= 0.6 is 0 Å². The van der Waals surface area contributed by atoms with Crippen LogP contribution in [0.4, 0.5) is 17.6 Å². The van der Waals surface area contributed by atoms with E-state index in [0.29, 0.717) is 16.9 Å². The predicted molar refractivity (Wildman–Crippen MR) is 101 cm³/mol. The fraction of sp³-hybridized carbons (Fsp3) is 0.190. The molecule has 9 heteroatoms. The van der Waals surface area contributed by atoms with Crippen molar-refractivity contribution >= 4 is 5.91 Å². The summed E-state index contributed by atoms with van der Waals surface area (Å²) in [6, 6.07) is 9.50. The van der Waals surface area contributed by atoms with Gasteiger partial charge in [-0.25, -0.2) is 4.39 Å². The number of halogens is 4. The third-order valence-corrected chi connectivity index (χ3v) is 4.36. The summed E-state index contributed by atoms with van der Waals surface area (Å²) in [4.78, 5) is 20.6. The number of ether oxygens (including phenoxy) is 1. The molecule has 0 aliphatic heterocycles. The topological polar surface area (TPSA) is 64.1 Å². The molecule has 0 bridgehead atoms. The Morgan fingerprint density at radius 3 is 2.47 bits per heavy atom. The molecule has 156 valence electrons. The highest BCUT2D eigenvalue weighted by molar-refractivity contribution is 5.93. The SMILES string of the molecule is COc1ccnc(C(=O)N[C@@H](c2ccc(CF)cc2)c2ncccc2C(F)(F)F)c1. The van der Waals surface area contributed by atoms with Gasteiger partial charge in [0.1, 0.15) is 18.1 Å². The van der Waals surface area contributed by atoms with Crippen LogP contribution in [0.1, 0.15) is 38.9 Å². The average Bonchev–Trinajstić information content (AvgIpc) is 2.77. The van der Waals surface area contributed by atoms with Crippen LogP contribution in [0.15, 0.2) is 60.9 Å². The van der Waals surface area contributed by atoms with Crippen molar-refractivity contribution in [3.63, 3.8) is 0 Å². The molecule has 2 aromatic heterocycles. The number of hydrogen-bond acceptors (Lipinski definition) is 4. The van der Waals surface area contributed by atoms with Crippen LogP contribution in [0.25, 0.3) is 0 Å². The third kappa shape index (κ3) is 4.73. The number of benzene rings is 1. The number of alkyl halides is 4. The van der Waals surface area contributed by atoms with Gasteiger partial charge in [0, 0.05) is 18.5 Å². The molecule has 30 heavy (non-hydrogen) atoms. The quantitative estimate of drug-likeness (QED) is 0.598. The first kappa shape index (κ1) is 21.2. The number of methoxy groups -OCH3 is 1. The number of hydrogen-bond donors (Lipinski definition) is 1. The molecule has 0 saturated carbocycles. The second-order valence-electron chi connectivity index (χ2n) is 6.30. The van der Waals surface area contributed by atoms with E-state index in [1.54, 1.807) is 0 Å². The van der Waals surface area contributed by atoms with E-state index in [2.05, 4.69) is 15.3 Å². The van der Waals surface area contributed by atoms with Crippen LogP contribution < -0.4 is 10.1 Å². The van der Waals surface area contributed by atoms with Crippen LogP contribution in [0.2, 0.25) is 0 Å². The third-order valence-electron chi connectivity index (χ3n) is 4.36. The molecule has 2 heterocycles. The number of nitrogens with one attached hydrogen (secondary N) is 1. The minimum Gasteiger partial charge on any atom is -0.497 e. The minimum atomic E-state index is -4.68. The zero-order chi connectivity index (χ0) is 21.7. The van der Waals surface area contributed by atoms with Gasteiger partial charge in [0.25, 0.3) is 5.91 Å². The van der Waals surface area contributed by atoms with Gasteiger partial charge in [0.05, 0.1) is 24.4 Å². The molecule has 1 atom stereocenters. The van der Waals surface area contributed by atoms with Gasteiger partial charge in [-0.3, -0.25) is 14.8 Å². The smallest absolute Gasteiger partial charge is 0.418 e. The molecule has 3 aromatic rings. The molecule has 0 spiro atoms. The maximum Gasteiger partial charge on any atom is 0.418 e. The molecule has 1 aromatic carbocycles. The van der Waals surface area contributed by atoms with E-state index in [-0.39, 0.29) is 11.4 Å². The van der Waals surface area contributed by atoms with E-state index in [0.717, 1.165) is 6.07 Å². The molecule has 1 amide bonds. The molecule has 0 unspecified atom stereocenters. The summed E-state index contributed by atoms with van der Waals surface area (Å²) < 4.78 is 58.6. The molecular weight excluding hydrogens is 402 g/mol. The Balaban J connectivity index is 2.05. The van der Waals surface area contributed by atoms with Crippen LogP contribution in [0, 0.1) is 0 Å². The van der Waals surface area contributed by atoms with Crippen molar-refractivity contribution < 1.29 is 27.1 Å². The Labute approximate surface area is 169 Å². The summed E-state index contributed by atoms with van der Waals surface area (Å²) in [7, 11) is 1.41. The van der Waals surface area contributed by atoms with E-state index in [1.807, 2.05) is 0 Å². The average molecular weight is 419 g/mol. The van der Waals surface area contributed by atoms with Crippen molar-refractivity contribution in [2.45, 2.75) is 18.9 Å². The first-order chi connectivity index (χ1) is 14.3. The van der Waals surface area contributed by atoms with Crippen molar-refractivity contribution in [3.8, 4) is 5.75 Å². The monoisotopic (exact) mass is 419 g/mol. The van der Waals surface area contributed by atoms with Crippen molar-refractivity contribution in [2.24, 2.45) is 0 Å². The standard InChI is InChI=1S/C21H17F4N3O2/c1-30-15-8-10-26-17(11-15)20(29)28-18(14-6-4-13(12-22)5-7-14)19-16(21(23,24)25)3-2-9-27-19/h2-11,18H,12H2,1H3,(H,28,29)/t18-/m0/s1. The van der Waals surface area contributed by atoms with Gasteiger partial charge < -0.3 is 10.1 Å². The second kappa shape index (κ2) is 8.89. The molecule has 3 rings (SSSR count). The Kier molecular flexibility index (Phi) is 6.29. The highest BCUT2D eigenvalue weighted by Gasteiger charge is 2.37. The largest absolute Gasteiger partial charge is 0.497 e. The van der Waals surface area contributed by atoms with Gasteiger partial charge in [0.15, 0.2) is 0 Å². The lowest BCUT2D eigenvalue weighted by Crippen LogP contribution is -2.32. The number of aromatic nitrogens is 2. The Bertz CT molecular complexity index is 1020. The van der Waals surface area contributed by atoms with Gasteiger partial charge in [-0.2, -0.15) is 13.2 Å². The van der Waals surface area contributed by atoms with Gasteiger partial charge in [-0.05, 0) is 29.3 Å². The normalized spacial score (nSPS) is 12.3. The number of nitrogens with zero attached hydrogens (tertiary/aromatic N) is 2. The lowest BCUT2D eigenvalue weighted by Gasteiger charge is -2.22. The summed E-state index contributed by atoms with van der Waals surface area (Å²) in [6.07, 6.45) is -2.12. The second-order valence-corrected chi connectivity index (χ2v) is 6.30. The van der Waals surface area contributed by atoms with Gasteiger partial charge in [-0.15, -0.1) is 0 Å². The predicted octanol–water partition coefficient (Wildman–Crippen LogP) is 4.49. The van der Waals surface area contributed by atoms with Gasteiger partial charge in [-0.1, -0.05) is 24.3 Å². The maximum absolute atomic E-state index is 13.6. The zero-order valence-electron chi connectivity index (χ0n) is 15.8. The van der Waals surface area contributed by atoms with Crippen molar-refractivity contribution in [3.05, 3.63) is 89.0 Å². The van der Waals surface area contributed by atoms with E-state index in [1.165, 1.54) is 62.0 Å². The van der Waals surface area contributed by atoms with Crippen LogP contribution in [0.3, 0.4) is 0 Å². The van der Waals surface area contributed by atoms with E-state index in [9.17, 15) is 22.4 Å². The fourth-order valence-electron chi connectivity index (χ4n) is 2.86. The van der Waals surface area contributed by atoms with Crippen LogP contribution in [-0.4, -0.2) is 23.0 Å². The van der Waals surface area contributed by atoms with E-state index < -0.39 is 30.4 Å². The zero-order valence-corrected chi connectivity index (χ0v) is 15.8. The minimum absolute atomic E-state index is 0.0378. The maximum atomic E-state index is 13.6. The lowest BCUT2D eigenvalue weighted by molar-refractivity contribution is -0.138. The molecular formula is C21H17F4N3O2. The van der Waals surface area contributed by atoms with E-state index >= 15 is 0 Å². The van der Waals surface area contributed by atoms with E-state index in [4.69, 9.17) is 4.74 Å². The van der Waals surface area contributed by atoms with Gasteiger partial charge >= 0.3 is 6.18 Å². The fourth-order valence-corrected chi connectivity index (χ4v) is 2.86. The number of pyridine rings is 2. The lowest BCUT2D eigenvalue weighted by atomic mass is 9.97. The number of amides is 1. The summed E-state index contributed by atoms with van der Waals surface area (Å²) in [5.74, 6) is -0.347. The van der Waals surface area contributed by atoms with Crippen LogP contribution in [-0.2, 0) is 12.9 Å². The highest BCUT2D eigenvalue weighted by atomic mass is 19.4. The Morgan fingerprint density at radius 1 is 1.10 bits per heavy atom. The number of carbonyl (C=O) groups is 1. The first-order valence-electron chi connectivity index (χ1n) is 8.81. The first-order valence-corrected chi connectivity index (χ1v) is 8.81. The molecule has 1 N–H and O–H groups in total. The molecule has 0 fully saturated rings. The number of carbonyl (C=O) groups excluding carboxylic acids is 1. The van der Waals surface area contributed by atoms with Gasteiger partial charge in [0.2, 0.25) is 0 Å². The summed E-state index contributed by atoms with van der Waals surface area (Å²) in [6.45, 7) is -0.720. The van der Waals surface area contributed by atoms with Crippen molar-refractivity contribution in [1.29, 1.82) is 0 Å². The Morgan fingerprint density at radius 2 is 1.83 bits per heavy atom. The molecule has 0 saturated heterocycles. The molecule has 0 radical (unpaired) electrons. The Hall–Kier alpha value is -3.49.